The molecule has 0 saturated carbocycles. The van der Waals surface area contributed by atoms with E-state index in [1.54, 1.807) is 18.3 Å². The highest BCUT2D eigenvalue weighted by molar-refractivity contribution is 9.10. The third-order valence-electron chi connectivity index (χ3n) is 4.15. The van der Waals surface area contributed by atoms with Gasteiger partial charge in [0, 0.05) is 27.1 Å². The summed E-state index contributed by atoms with van der Waals surface area (Å²) in [5, 5.41) is 16.9. The smallest absolute Gasteiger partial charge is 0.275 e. The van der Waals surface area contributed by atoms with E-state index in [0.29, 0.717) is 0 Å². The van der Waals surface area contributed by atoms with Gasteiger partial charge in [-0.25, -0.2) is 5.43 Å². The summed E-state index contributed by atoms with van der Waals surface area (Å²) >= 11 is 3.45. The summed E-state index contributed by atoms with van der Waals surface area (Å²) in [5.74, 6) is -0.544. The quantitative estimate of drug-likeness (QED) is 0.344. The van der Waals surface area contributed by atoms with Crippen LogP contribution in [0.5, 0.6) is 5.75 Å². The van der Waals surface area contributed by atoms with Gasteiger partial charge in [0.15, 0.2) is 0 Å². The minimum atomic E-state index is -0.467. The van der Waals surface area contributed by atoms with Crippen LogP contribution in [0.1, 0.15) is 15.9 Å². The van der Waals surface area contributed by atoms with Gasteiger partial charge >= 0.3 is 0 Å². The highest BCUT2D eigenvalue weighted by Gasteiger charge is 2.12. The summed E-state index contributed by atoms with van der Waals surface area (Å²) in [6, 6.07) is 16.6. The number of rotatable bonds is 3. The summed E-state index contributed by atoms with van der Waals surface area (Å²) in [6.07, 6.45) is 3.39. The van der Waals surface area contributed by atoms with E-state index in [0.717, 1.165) is 31.7 Å². The molecule has 5 nitrogen and oxygen atoms in total. The molecule has 3 aromatic carbocycles. The molecule has 0 spiro atoms. The molecule has 0 saturated heterocycles. The van der Waals surface area contributed by atoms with Crippen molar-refractivity contribution in [2.45, 2.75) is 0 Å². The van der Waals surface area contributed by atoms with Gasteiger partial charge in [-0.1, -0.05) is 40.2 Å². The zero-order valence-electron chi connectivity index (χ0n) is 13.5. The van der Waals surface area contributed by atoms with Crippen LogP contribution in [-0.2, 0) is 0 Å². The summed E-state index contributed by atoms with van der Waals surface area (Å²) < 4.78 is 0.962. The number of halogens is 1. The lowest BCUT2D eigenvalue weighted by atomic mass is 10.1. The Balaban J connectivity index is 1.57. The van der Waals surface area contributed by atoms with Crippen LogP contribution in [0.25, 0.3) is 21.7 Å². The maximum atomic E-state index is 12.4. The predicted octanol–water partition coefficient (Wildman–Crippen LogP) is 4.55. The summed E-state index contributed by atoms with van der Waals surface area (Å²) in [6.45, 7) is 0. The maximum Gasteiger partial charge on any atom is 0.275 e. The predicted molar refractivity (Wildman–Crippen MR) is 107 cm³/mol. The first-order valence-electron chi connectivity index (χ1n) is 7.93. The van der Waals surface area contributed by atoms with Crippen molar-refractivity contribution in [1.29, 1.82) is 0 Å². The molecule has 0 bridgehead atoms. The first kappa shape index (κ1) is 16.4. The lowest BCUT2D eigenvalue weighted by Crippen LogP contribution is -2.17. The number of hydrazone groups is 1. The molecule has 128 valence electrons. The highest BCUT2D eigenvalue weighted by Crippen LogP contribution is 2.25. The zero-order valence-corrected chi connectivity index (χ0v) is 15.1. The minimum Gasteiger partial charge on any atom is -0.507 e. The number of phenols is 1. The molecule has 6 heteroatoms. The number of H-pyrrole nitrogens is 1. The number of carbonyl (C=O) groups excluding carboxylic acids is 1. The number of aromatic amines is 1. The first-order valence-corrected chi connectivity index (χ1v) is 8.73. The van der Waals surface area contributed by atoms with Crippen LogP contribution in [0, 0.1) is 0 Å². The van der Waals surface area contributed by atoms with Crippen LogP contribution >= 0.6 is 15.9 Å². The molecule has 0 radical (unpaired) electrons. The molecule has 0 fully saturated rings. The molecule has 4 rings (SSSR count). The number of benzene rings is 3. The van der Waals surface area contributed by atoms with E-state index in [-0.39, 0.29) is 11.3 Å². The van der Waals surface area contributed by atoms with Crippen molar-refractivity contribution in [3.63, 3.8) is 0 Å². The average molecular weight is 408 g/mol. The van der Waals surface area contributed by atoms with Gasteiger partial charge in [0.1, 0.15) is 5.75 Å². The number of hydrogen-bond donors (Lipinski definition) is 3. The van der Waals surface area contributed by atoms with Crippen LogP contribution in [0.4, 0.5) is 0 Å². The topological polar surface area (TPSA) is 77.5 Å². The van der Waals surface area contributed by atoms with Crippen molar-refractivity contribution in [3.05, 3.63) is 76.4 Å². The number of carbonyl (C=O) groups is 1. The summed E-state index contributed by atoms with van der Waals surface area (Å²) in [4.78, 5) is 15.5. The monoisotopic (exact) mass is 407 g/mol. The Morgan fingerprint density at radius 1 is 1.12 bits per heavy atom. The van der Waals surface area contributed by atoms with E-state index < -0.39 is 5.91 Å². The van der Waals surface area contributed by atoms with Gasteiger partial charge in [-0.15, -0.1) is 0 Å². The highest BCUT2D eigenvalue weighted by atomic mass is 79.9. The molecule has 0 atom stereocenters. The number of amides is 1. The van der Waals surface area contributed by atoms with Crippen molar-refractivity contribution < 1.29 is 9.90 Å². The molecular formula is C20H14BrN3O2. The van der Waals surface area contributed by atoms with Crippen molar-refractivity contribution in [3.8, 4) is 5.75 Å². The van der Waals surface area contributed by atoms with E-state index in [9.17, 15) is 9.90 Å². The molecule has 1 amide bonds. The molecule has 26 heavy (non-hydrogen) atoms. The van der Waals surface area contributed by atoms with Crippen molar-refractivity contribution in [1.82, 2.24) is 10.4 Å². The van der Waals surface area contributed by atoms with Crippen molar-refractivity contribution >= 4 is 49.7 Å². The molecule has 0 aliphatic heterocycles. The summed E-state index contributed by atoms with van der Waals surface area (Å²) in [5.41, 5.74) is 4.48. The molecule has 4 aromatic rings. The Labute approximate surface area is 157 Å². The lowest BCUT2D eigenvalue weighted by Gasteiger charge is -2.05. The van der Waals surface area contributed by atoms with Crippen molar-refractivity contribution in [2.75, 3.05) is 0 Å². The number of aromatic nitrogens is 1. The second-order valence-electron chi connectivity index (χ2n) is 5.85. The Morgan fingerprint density at radius 2 is 1.88 bits per heavy atom. The van der Waals surface area contributed by atoms with E-state index in [1.807, 2.05) is 48.7 Å². The van der Waals surface area contributed by atoms with Gasteiger partial charge in [0.2, 0.25) is 0 Å². The Hall–Kier alpha value is -3.12. The Kier molecular flexibility index (Phi) is 4.18. The maximum absolute atomic E-state index is 12.4. The fourth-order valence-electron chi connectivity index (χ4n) is 2.85. The first-order chi connectivity index (χ1) is 12.6. The molecule has 3 N–H and O–H groups in total. The standard InChI is InChI=1S/C20H14BrN3O2/c21-15-5-6-18-16(9-15)14(10-22-18)11-23-24-20(26)17-7-12-3-1-2-4-13(12)8-19(17)25/h1-11,22,25H,(H,24,26). The number of aromatic hydroxyl groups is 1. The van der Waals surface area contributed by atoms with Crippen LogP contribution in [0.3, 0.4) is 0 Å². The fourth-order valence-corrected chi connectivity index (χ4v) is 3.21. The molecular weight excluding hydrogens is 394 g/mol. The number of phenolic OH excluding ortho intramolecular Hbond substituents is 1. The van der Waals surface area contributed by atoms with Crippen LogP contribution in [-0.4, -0.2) is 22.2 Å². The lowest BCUT2D eigenvalue weighted by molar-refractivity contribution is 0.0952. The second kappa shape index (κ2) is 6.65. The fraction of sp³-hybridized carbons (Fsp3) is 0. The van der Waals surface area contributed by atoms with Crippen molar-refractivity contribution in [2.24, 2.45) is 5.10 Å². The third kappa shape index (κ3) is 3.07. The number of hydrogen-bond acceptors (Lipinski definition) is 3. The van der Waals surface area contributed by atoms with E-state index in [1.165, 1.54) is 0 Å². The molecule has 0 aliphatic rings. The Morgan fingerprint density at radius 3 is 2.69 bits per heavy atom. The van der Waals surface area contributed by atoms with Gasteiger partial charge < -0.3 is 10.1 Å². The molecule has 1 aromatic heterocycles. The van der Waals surface area contributed by atoms with Gasteiger partial charge in [-0.2, -0.15) is 5.10 Å². The number of nitrogens with one attached hydrogen (secondary N) is 2. The van der Waals surface area contributed by atoms with Gasteiger partial charge in [0.05, 0.1) is 11.8 Å². The van der Waals surface area contributed by atoms with Gasteiger partial charge in [0.25, 0.3) is 5.91 Å². The number of fused-ring (bicyclic) bond motifs is 2. The zero-order chi connectivity index (χ0) is 18.1. The SMILES string of the molecule is O=C(NN=Cc1c[nH]c2ccc(Br)cc12)c1cc2ccccc2cc1O. The number of nitrogens with zero attached hydrogens (tertiary/aromatic N) is 1. The molecule has 1 heterocycles. The second-order valence-corrected chi connectivity index (χ2v) is 6.77. The van der Waals surface area contributed by atoms with E-state index >= 15 is 0 Å². The summed E-state index contributed by atoms with van der Waals surface area (Å²) in [7, 11) is 0. The average Bonchev–Trinajstić information content (AvgIpc) is 3.03. The van der Waals surface area contributed by atoms with E-state index in [4.69, 9.17) is 0 Å². The normalized spacial score (nSPS) is 11.4. The molecule has 0 aliphatic carbocycles. The third-order valence-corrected chi connectivity index (χ3v) is 4.65. The Bertz CT molecular complexity index is 1160. The minimum absolute atomic E-state index is 0.0765. The van der Waals surface area contributed by atoms with Crippen LogP contribution in [0.15, 0.2) is 70.4 Å². The van der Waals surface area contributed by atoms with Gasteiger partial charge in [-0.3, -0.25) is 4.79 Å². The van der Waals surface area contributed by atoms with Crippen LogP contribution < -0.4 is 5.43 Å². The van der Waals surface area contributed by atoms with Gasteiger partial charge in [-0.05, 0) is 41.1 Å². The van der Waals surface area contributed by atoms with Crippen LogP contribution in [0.2, 0.25) is 0 Å². The van der Waals surface area contributed by atoms with E-state index in [2.05, 4.69) is 31.4 Å². The molecule has 0 unspecified atom stereocenters. The largest absolute Gasteiger partial charge is 0.507 e.